The van der Waals surface area contributed by atoms with Gasteiger partial charge in [0.05, 0.1) is 13.0 Å². The van der Waals surface area contributed by atoms with Crippen molar-refractivity contribution in [3.63, 3.8) is 0 Å². The molecule has 2 rings (SSSR count). The molecule has 0 aliphatic rings. The summed E-state index contributed by atoms with van der Waals surface area (Å²) in [7, 11) is 1.32. The maximum atomic E-state index is 14.8. The fourth-order valence-corrected chi connectivity index (χ4v) is 3.50. The molecule has 0 bridgehead atoms. The van der Waals surface area contributed by atoms with Crippen LogP contribution in [0, 0.1) is 5.82 Å². The molecule has 0 spiro atoms. The Morgan fingerprint density at radius 2 is 1.77 bits per heavy atom. The third-order valence-corrected chi connectivity index (χ3v) is 5.07. The maximum absolute atomic E-state index is 14.8. The van der Waals surface area contributed by atoms with E-state index in [4.69, 9.17) is 27.9 Å². The smallest absolute Gasteiger partial charge is 0.312 e. The van der Waals surface area contributed by atoms with Gasteiger partial charge >= 0.3 is 5.97 Å². The molecule has 0 aliphatic heterocycles. The van der Waals surface area contributed by atoms with Crippen molar-refractivity contribution in [3.05, 3.63) is 62.4 Å². The molecular formula is C20H21Cl2FO3. The number of carbonyl (C=O) groups excluding carboxylic acids is 1. The third kappa shape index (κ3) is 4.13. The quantitative estimate of drug-likeness (QED) is 0.644. The zero-order valence-electron chi connectivity index (χ0n) is 15.1. The minimum absolute atomic E-state index is 0.0688. The molecule has 0 saturated heterocycles. The van der Waals surface area contributed by atoms with Gasteiger partial charge in [-0.25, -0.2) is 4.39 Å². The van der Waals surface area contributed by atoms with Gasteiger partial charge in [0.15, 0.2) is 0 Å². The molecule has 0 heterocycles. The predicted octanol–water partition coefficient (Wildman–Crippen LogP) is 5.83. The Bertz CT molecular complexity index is 811. The summed E-state index contributed by atoms with van der Waals surface area (Å²) in [6.45, 7) is 5.32. The van der Waals surface area contributed by atoms with Crippen LogP contribution in [-0.2, 0) is 16.0 Å². The monoisotopic (exact) mass is 398 g/mol. The molecule has 26 heavy (non-hydrogen) atoms. The predicted molar refractivity (Wildman–Crippen MR) is 102 cm³/mol. The Labute approximate surface area is 162 Å². The van der Waals surface area contributed by atoms with Crippen molar-refractivity contribution in [1.82, 2.24) is 0 Å². The summed E-state index contributed by atoms with van der Waals surface area (Å²) in [4.78, 5) is 11.7. The van der Waals surface area contributed by atoms with E-state index in [0.717, 1.165) is 0 Å². The largest absolute Gasteiger partial charge is 0.508 e. The Hall–Kier alpha value is -1.78. The third-order valence-electron chi connectivity index (χ3n) is 4.40. The first-order chi connectivity index (χ1) is 12.2. The highest BCUT2D eigenvalue weighted by Crippen LogP contribution is 2.35. The molecular weight excluding hydrogens is 378 g/mol. The van der Waals surface area contributed by atoms with Gasteiger partial charge in [0.1, 0.15) is 11.6 Å². The van der Waals surface area contributed by atoms with Crippen LogP contribution in [0.4, 0.5) is 4.39 Å². The zero-order chi connectivity index (χ0) is 19.6. The summed E-state index contributed by atoms with van der Waals surface area (Å²) < 4.78 is 19.5. The number of esters is 1. The van der Waals surface area contributed by atoms with E-state index in [1.807, 2.05) is 13.8 Å². The molecule has 0 fully saturated rings. The summed E-state index contributed by atoms with van der Waals surface area (Å²) >= 11 is 12.7. The topological polar surface area (TPSA) is 46.5 Å². The first-order valence-corrected chi connectivity index (χ1v) is 8.98. The van der Waals surface area contributed by atoms with E-state index >= 15 is 0 Å². The van der Waals surface area contributed by atoms with Crippen LogP contribution in [0.2, 0.25) is 10.0 Å². The van der Waals surface area contributed by atoms with Gasteiger partial charge in [-0.05, 0) is 47.7 Å². The normalized spacial score (nSPS) is 12.3. The average molecular weight is 399 g/mol. The number of phenolic OH excluding ortho intramolecular Hbond substituents is 1. The summed E-state index contributed by atoms with van der Waals surface area (Å²) in [6, 6.07) is 6.29. The van der Waals surface area contributed by atoms with Crippen molar-refractivity contribution >= 4 is 29.2 Å². The molecule has 1 atom stereocenters. The fourth-order valence-electron chi connectivity index (χ4n) is 2.86. The lowest BCUT2D eigenvalue weighted by Gasteiger charge is -2.16. The zero-order valence-corrected chi connectivity index (χ0v) is 16.6. The van der Waals surface area contributed by atoms with Crippen LogP contribution in [-0.4, -0.2) is 18.2 Å². The number of carbonyl (C=O) groups is 1. The number of ether oxygens (including phenoxy) is 1. The van der Waals surface area contributed by atoms with Crippen LogP contribution < -0.4 is 0 Å². The molecule has 0 amide bonds. The molecule has 2 aromatic rings. The fraction of sp³-hybridized carbons (Fsp3) is 0.350. The number of methoxy groups -OCH3 is 1. The molecule has 0 aromatic heterocycles. The van der Waals surface area contributed by atoms with Crippen molar-refractivity contribution < 1.29 is 19.0 Å². The van der Waals surface area contributed by atoms with E-state index in [-0.39, 0.29) is 23.7 Å². The molecule has 1 N–H and O–H groups in total. The highest BCUT2D eigenvalue weighted by atomic mass is 35.5. The number of hydrogen-bond donors (Lipinski definition) is 1. The van der Waals surface area contributed by atoms with Crippen LogP contribution in [0.3, 0.4) is 0 Å². The van der Waals surface area contributed by atoms with E-state index < -0.39 is 17.7 Å². The first-order valence-electron chi connectivity index (χ1n) is 8.23. The van der Waals surface area contributed by atoms with Gasteiger partial charge < -0.3 is 9.84 Å². The van der Waals surface area contributed by atoms with Crippen molar-refractivity contribution in [1.29, 1.82) is 0 Å². The van der Waals surface area contributed by atoms with Crippen LogP contribution in [0.5, 0.6) is 5.75 Å². The number of aromatic hydroxyl groups is 1. The average Bonchev–Trinajstić information content (AvgIpc) is 2.57. The number of benzene rings is 2. The molecule has 6 heteroatoms. The van der Waals surface area contributed by atoms with Crippen molar-refractivity contribution in [2.24, 2.45) is 0 Å². The van der Waals surface area contributed by atoms with E-state index in [9.17, 15) is 14.3 Å². The summed E-state index contributed by atoms with van der Waals surface area (Å²) in [5, 5.41) is 10.6. The molecule has 0 radical (unpaired) electrons. The van der Waals surface area contributed by atoms with E-state index in [0.29, 0.717) is 26.7 Å². The number of halogens is 3. The standard InChI is InChI=1S/C20H21Cl2FO3/c1-10(2)18-17(24)6-5-12(19(18)23)7-14-15(21)8-13(9-16(14)22)11(3)20(25)26-4/h5-6,8-11,24H,7H2,1-4H3. The number of rotatable bonds is 5. The van der Waals surface area contributed by atoms with Gasteiger partial charge in [0.25, 0.3) is 0 Å². The Morgan fingerprint density at radius 3 is 2.27 bits per heavy atom. The second-order valence-electron chi connectivity index (χ2n) is 6.51. The van der Waals surface area contributed by atoms with Gasteiger partial charge in [-0.1, -0.05) is 43.1 Å². The van der Waals surface area contributed by atoms with Crippen LogP contribution >= 0.6 is 23.2 Å². The molecule has 0 aliphatic carbocycles. The number of hydrogen-bond acceptors (Lipinski definition) is 3. The van der Waals surface area contributed by atoms with Crippen molar-refractivity contribution in [2.75, 3.05) is 7.11 Å². The van der Waals surface area contributed by atoms with Gasteiger partial charge in [0, 0.05) is 22.0 Å². The second kappa shape index (κ2) is 8.28. The van der Waals surface area contributed by atoms with Crippen LogP contribution in [0.1, 0.15) is 54.9 Å². The lowest BCUT2D eigenvalue weighted by Crippen LogP contribution is -2.11. The lowest BCUT2D eigenvalue weighted by molar-refractivity contribution is -0.141. The van der Waals surface area contributed by atoms with Crippen LogP contribution in [0.25, 0.3) is 0 Å². The molecule has 0 saturated carbocycles. The van der Waals surface area contributed by atoms with Gasteiger partial charge in [0.2, 0.25) is 0 Å². The van der Waals surface area contributed by atoms with Crippen LogP contribution in [0.15, 0.2) is 24.3 Å². The lowest BCUT2D eigenvalue weighted by atomic mass is 9.94. The van der Waals surface area contributed by atoms with Gasteiger partial charge in [-0.2, -0.15) is 0 Å². The summed E-state index contributed by atoms with van der Waals surface area (Å²) in [5.74, 6) is -1.60. The van der Waals surface area contributed by atoms with Crippen molar-refractivity contribution in [3.8, 4) is 5.75 Å². The minimum atomic E-state index is -0.512. The highest BCUT2D eigenvalue weighted by molar-refractivity contribution is 6.36. The molecule has 1 unspecified atom stereocenters. The summed E-state index contributed by atoms with van der Waals surface area (Å²) in [6.07, 6.45) is 0.177. The SMILES string of the molecule is COC(=O)C(C)c1cc(Cl)c(Cc2ccc(O)c(C(C)C)c2F)c(Cl)c1. The van der Waals surface area contributed by atoms with Gasteiger partial charge in [-0.15, -0.1) is 0 Å². The van der Waals surface area contributed by atoms with E-state index in [1.54, 1.807) is 19.1 Å². The Balaban J connectivity index is 2.43. The molecule has 140 valence electrons. The molecule has 2 aromatic carbocycles. The first kappa shape index (κ1) is 20.5. The van der Waals surface area contributed by atoms with Crippen molar-refractivity contribution in [2.45, 2.75) is 39.0 Å². The Morgan fingerprint density at radius 1 is 1.19 bits per heavy atom. The molecule has 3 nitrogen and oxygen atoms in total. The Kier molecular flexibility index (Phi) is 6.53. The number of phenols is 1. The van der Waals surface area contributed by atoms with Gasteiger partial charge in [-0.3, -0.25) is 4.79 Å². The van der Waals surface area contributed by atoms with E-state index in [2.05, 4.69) is 0 Å². The highest BCUT2D eigenvalue weighted by Gasteiger charge is 2.21. The second-order valence-corrected chi connectivity index (χ2v) is 7.33. The maximum Gasteiger partial charge on any atom is 0.312 e. The van der Waals surface area contributed by atoms with E-state index in [1.165, 1.54) is 19.2 Å². The minimum Gasteiger partial charge on any atom is -0.508 e. The summed E-state index contributed by atoms with van der Waals surface area (Å²) in [5.41, 5.74) is 1.85.